The van der Waals surface area contributed by atoms with Crippen molar-refractivity contribution >= 4 is 11.8 Å². The van der Waals surface area contributed by atoms with Crippen LogP contribution in [0.1, 0.15) is 22.3 Å². The average Bonchev–Trinajstić information content (AvgIpc) is 2.45. The topological polar surface area (TPSA) is 88.3 Å². The fourth-order valence-corrected chi connectivity index (χ4v) is 1.44. The molecule has 6 heteroatoms. The van der Waals surface area contributed by atoms with Crippen molar-refractivity contribution in [1.29, 1.82) is 0 Å². The van der Waals surface area contributed by atoms with Gasteiger partial charge in [0.25, 0.3) is 5.91 Å². The van der Waals surface area contributed by atoms with Crippen LogP contribution in [0.4, 0.5) is 0 Å². The van der Waals surface area contributed by atoms with Crippen molar-refractivity contribution in [2.45, 2.75) is 6.42 Å². The Morgan fingerprint density at radius 3 is 2.85 bits per heavy atom. The van der Waals surface area contributed by atoms with Crippen LogP contribution < -0.4 is 11.1 Å². The van der Waals surface area contributed by atoms with E-state index in [0.717, 1.165) is 0 Å². The predicted octanol–water partition coefficient (Wildman–Crippen LogP) is -0.400. The van der Waals surface area contributed by atoms with Crippen molar-refractivity contribution in [3.63, 3.8) is 0 Å². The molecule has 0 aromatic carbocycles. The molecule has 0 radical (unpaired) electrons. The standard InChI is InChI=1S/C14H18N4O2/c1-18(2)13(19)6-9-17-14(20)12-5-8-16-10-11(12)4-3-7-15/h5,8,10H,6-7,9,15H2,1-2H3,(H,17,20). The van der Waals surface area contributed by atoms with Crippen molar-refractivity contribution < 1.29 is 9.59 Å². The normalized spacial score (nSPS) is 9.35. The molecule has 1 heterocycles. The number of pyridine rings is 1. The largest absolute Gasteiger partial charge is 0.351 e. The molecule has 3 N–H and O–H groups in total. The zero-order valence-corrected chi connectivity index (χ0v) is 11.6. The summed E-state index contributed by atoms with van der Waals surface area (Å²) in [7, 11) is 3.35. The van der Waals surface area contributed by atoms with E-state index in [2.05, 4.69) is 22.1 Å². The molecule has 1 aromatic rings. The summed E-state index contributed by atoms with van der Waals surface area (Å²) >= 11 is 0. The van der Waals surface area contributed by atoms with Crippen LogP contribution in [0.3, 0.4) is 0 Å². The number of nitrogens with one attached hydrogen (secondary N) is 1. The summed E-state index contributed by atoms with van der Waals surface area (Å²) in [6.07, 6.45) is 3.30. The lowest BCUT2D eigenvalue weighted by Crippen LogP contribution is -2.30. The Kier molecular flexibility index (Phi) is 6.20. The SMILES string of the molecule is CN(C)C(=O)CCNC(=O)c1ccncc1C#CCN. The monoisotopic (exact) mass is 274 g/mol. The van der Waals surface area contributed by atoms with Gasteiger partial charge >= 0.3 is 0 Å². The number of hydrogen-bond donors (Lipinski definition) is 2. The highest BCUT2D eigenvalue weighted by Gasteiger charge is 2.10. The number of nitrogens with zero attached hydrogens (tertiary/aromatic N) is 2. The Bertz CT molecular complexity index is 544. The third-order valence-electron chi connectivity index (χ3n) is 2.51. The Labute approximate surface area is 118 Å². The number of hydrogen-bond acceptors (Lipinski definition) is 4. The molecule has 2 amide bonds. The zero-order valence-electron chi connectivity index (χ0n) is 11.6. The van der Waals surface area contributed by atoms with E-state index >= 15 is 0 Å². The van der Waals surface area contributed by atoms with Crippen LogP contribution in [0.2, 0.25) is 0 Å². The first kappa shape index (κ1) is 15.7. The van der Waals surface area contributed by atoms with Gasteiger partial charge in [0.15, 0.2) is 0 Å². The minimum Gasteiger partial charge on any atom is -0.351 e. The van der Waals surface area contributed by atoms with Gasteiger partial charge < -0.3 is 16.0 Å². The van der Waals surface area contributed by atoms with Crippen molar-refractivity contribution in [3.05, 3.63) is 29.6 Å². The third-order valence-corrected chi connectivity index (χ3v) is 2.51. The fourth-order valence-electron chi connectivity index (χ4n) is 1.44. The van der Waals surface area contributed by atoms with Gasteiger partial charge in [-0.2, -0.15) is 0 Å². The van der Waals surface area contributed by atoms with E-state index in [1.165, 1.54) is 17.3 Å². The molecule has 0 saturated heterocycles. The van der Waals surface area contributed by atoms with Crippen molar-refractivity contribution in [3.8, 4) is 11.8 Å². The average molecular weight is 274 g/mol. The first-order valence-electron chi connectivity index (χ1n) is 6.17. The van der Waals surface area contributed by atoms with Gasteiger partial charge in [-0.15, -0.1) is 0 Å². The molecular formula is C14H18N4O2. The Morgan fingerprint density at radius 2 is 2.20 bits per heavy atom. The number of carbonyl (C=O) groups is 2. The number of carbonyl (C=O) groups excluding carboxylic acids is 2. The number of rotatable bonds is 4. The van der Waals surface area contributed by atoms with E-state index in [4.69, 9.17) is 5.73 Å². The molecule has 106 valence electrons. The second-order valence-electron chi connectivity index (χ2n) is 4.22. The predicted molar refractivity (Wildman–Crippen MR) is 75.8 cm³/mol. The van der Waals surface area contributed by atoms with E-state index in [0.29, 0.717) is 11.1 Å². The van der Waals surface area contributed by atoms with Crippen LogP contribution in [-0.4, -0.2) is 48.9 Å². The summed E-state index contributed by atoms with van der Waals surface area (Å²) in [5, 5.41) is 2.69. The maximum Gasteiger partial charge on any atom is 0.252 e. The zero-order chi connectivity index (χ0) is 15.0. The highest BCUT2D eigenvalue weighted by Crippen LogP contribution is 2.05. The summed E-state index contributed by atoms with van der Waals surface area (Å²) in [5.74, 6) is 5.17. The summed E-state index contributed by atoms with van der Waals surface area (Å²) in [6, 6.07) is 1.59. The molecule has 20 heavy (non-hydrogen) atoms. The van der Waals surface area contributed by atoms with Gasteiger partial charge in [-0.1, -0.05) is 11.8 Å². The van der Waals surface area contributed by atoms with Crippen LogP contribution >= 0.6 is 0 Å². The molecule has 0 aliphatic heterocycles. The second-order valence-corrected chi connectivity index (χ2v) is 4.22. The Balaban J connectivity index is 2.66. The van der Waals surface area contributed by atoms with E-state index in [1.807, 2.05) is 0 Å². The number of nitrogens with two attached hydrogens (primary N) is 1. The highest BCUT2D eigenvalue weighted by molar-refractivity contribution is 5.96. The molecule has 1 rings (SSSR count). The van der Waals surface area contributed by atoms with Crippen molar-refractivity contribution in [2.75, 3.05) is 27.2 Å². The lowest BCUT2D eigenvalue weighted by molar-refractivity contribution is -0.128. The first-order chi connectivity index (χ1) is 9.56. The van der Waals surface area contributed by atoms with Gasteiger partial charge in [0.1, 0.15) is 0 Å². The summed E-state index contributed by atoms with van der Waals surface area (Å²) in [4.78, 5) is 28.8. The number of aromatic nitrogens is 1. The molecule has 0 aliphatic carbocycles. The summed E-state index contributed by atoms with van der Waals surface area (Å²) in [5.41, 5.74) is 6.26. The molecule has 0 fully saturated rings. The lowest BCUT2D eigenvalue weighted by atomic mass is 10.1. The summed E-state index contributed by atoms with van der Waals surface area (Å²) < 4.78 is 0. The Hall–Kier alpha value is -2.39. The molecule has 0 bridgehead atoms. The molecule has 0 saturated carbocycles. The fraction of sp³-hybridized carbons (Fsp3) is 0.357. The van der Waals surface area contributed by atoms with Gasteiger partial charge in [0.2, 0.25) is 5.91 Å². The molecule has 0 unspecified atom stereocenters. The van der Waals surface area contributed by atoms with Gasteiger partial charge in [0, 0.05) is 39.5 Å². The van der Waals surface area contributed by atoms with Gasteiger partial charge in [0.05, 0.1) is 17.7 Å². The molecular weight excluding hydrogens is 256 g/mol. The van der Waals surface area contributed by atoms with Gasteiger partial charge in [-0.25, -0.2) is 0 Å². The minimum atomic E-state index is -0.278. The van der Waals surface area contributed by atoms with E-state index < -0.39 is 0 Å². The van der Waals surface area contributed by atoms with E-state index in [1.54, 1.807) is 20.2 Å². The first-order valence-corrected chi connectivity index (χ1v) is 6.17. The molecule has 0 aliphatic rings. The van der Waals surface area contributed by atoms with Gasteiger partial charge in [-0.05, 0) is 6.07 Å². The quantitative estimate of drug-likeness (QED) is 0.731. The van der Waals surface area contributed by atoms with Crippen LogP contribution in [0, 0.1) is 11.8 Å². The maximum absolute atomic E-state index is 12.0. The van der Waals surface area contributed by atoms with E-state index in [-0.39, 0.29) is 31.3 Å². The van der Waals surface area contributed by atoms with Crippen LogP contribution in [-0.2, 0) is 4.79 Å². The third kappa shape index (κ3) is 4.71. The van der Waals surface area contributed by atoms with E-state index in [9.17, 15) is 9.59 Å². The maximum atomic E-state index is 12.0. The van der Waals surface area contributed by atoms with Gasteiger partial charge in [-0.3, -0.25) is 14.6 Å². The Morgan fingerprint density at radius 1 is 1.45 bits per heavy atom. The van der Waals surface area contributed by atoms with Crippen LogP contribution in [0.15, 0.2) is 18.5 Å². The van der Waals surface area contributed by atoms with Crippen LogP contribution in [0.5, 0.6) is 0 Å². The minimum absolute atomic E-state index is 0.0387. The molecule has 1 aromatic heterocycles. The summed E-state index contributed by atoms with van der Waals surface area (Å²) in [6.45, 7) is 0.495. The lowest BCUT2D eigenvalue weighted by Gasteiger charge is -2.10. The van der Waals surface area contributed by atoms with Crippen molar-refractivity contribution in [2.24, 2.45) is 5.73 Å². The smallest absolute Gasteiger partial charge is 0.252 e. The second kappa shape index (κ2) is 7.92. The molecule has 0 spiro atoms. The van der Waals surface area contributed by atoms with Crippen LogP contribution in [0.25, 0.3) is 0 Å². The van der Waals surface area contributed by atoms with Crippen molar-refractivity contribution in [1.82, 2.24) is 15.2 Å². The molecule has 6 nitrogen and oxygen atoms in total. The highest BCUT2D eigenvalue weighted by atomic mass is 16.2. The molecule has 0 atom stereocenters. The number of amides is 2.